The average molecular weight is 998 g/mol. The zero-order valence-electron chi connectivity index (χ0n) is 46.2. The summed E-state index contributed by atoms with van der Waals surface area (Å²) in [4.78, 5) is 89.7. The molecule has 0 spiro atoms. The van der Waals surface area contributed by atoms with Crippen LogP contribution in [0.4, 0.5) is 28.8 Å². The van der Waals surface area contributed by atoms with Gasteiger partial charge >= 0.3 is 36.2 Å². The van der Waals surface area contributed by atoms with E-state index in [9.17, 15) is 28.8 Å². The van der Waals surface area contributed by atoms with Gasteiger partial charge in [-0.15, -0.1) is 19.7 Å². The van der Waals surface area contributed by atoms with Gasteiger partial charge in [0.1, 0.15) is 0 Å². The number of amides is 12. The first-order valence-corrected chi connectivity index (χ1v) is 28.3. The Bertz CT molecular complexity index is 1440. The molecule has 0 N–H and O–H groups in total. The van der Waals surface area contributed by atoms with Crippen LogP contribution in [0.3, 0.4) is 0 Å². The SMILES string of the molecule is C=CCN1C(=O)N(CCCCC)CN(CCCCC)C1=O.C=CCN1C(=O)N(CCCCCC)CN(CCCCCC)C1=O.C=CCN1C(=O)N(CCCCCCCC)CN(CCCCCCCC)C1=O. The molecule has 0 aliphatic carbocycles. The predicted octanol–water partition coefficient (Wildman–Crippen LogP) is 14.1. The lowest BCUT2D eigenvalue weighted by molar-refractivity contribution is 0.0789. The molecular weight excluding hydrogens is 895 g/mol. The van der Waals surface area contributed by atoms with Crippen LogP contribution in [0.2, 0.25) is 0 Å². The van der Waals surface area contributed by atoms with E-state index in [0.29, 0.717) is 20.0 Å². The Morgan fingerprint density at radius 2 is 0.437 bits per heavy atom. The van der Waals surface area contributed by atoms with Gasteiger partial charge in [0.05, 0.1) is 39.6 Å². The van der Waals surface area contributed by atoms with E-state index >= 15 is 0 Å². The summed E-state index contributed by atoms with van der Waals surface area (Å²) in [6.45, 7) is 30.6. The van der Waals surface area contributed by atoms with Gasteiger partial charge in [-0.05, 0) is 38.5 Å². The van der Waals surface area contributed by atoms with Gasteiger partial charge in [-0.25, -0.2) is 43.5 Å². The topological polar surface area (TPSA) is 132 Å². The molecule has 12 amide bonds. The molecule has 15 nitrogen and oxygen atoms in total. The standard InChI is InChI=1S/C22H41N3O2.C18H33N3O2.C16H29N3O2/c1-4-7-9-11-13-15-18-23-20-24(19-16-14-12-10-8-5-2)22(27)25(17-6-3)21(23)26;1-4-7-9-11-14-19-16-20(15-12-10-8-5-2)18(23)21(13-6-3)17(19)22;1-4-7-9-12-17-14-18(13-10-8-5-2)16(21)19(11-6-3)15(17)20/h6H,3-5,7-20H2,1-2H3;6H,3-5,7-16H2,1-2H3;6H,3-5,7-14H2,1-2H3. The summed E-state index contributed by atoms with van der Waals surface area (Å²) < 4.78 is 0. The van der Waals surface area contributed by atoms with Crippen LogP contribution in [-0.2, 0) is 0 Å². The van der Waals surface area contributed by atoms with Gasteiger partial charge in [0.15, 0.2) is 0 Å². The second-order valence-electron chi connectivity index (χ2n) is 19.5. The Hall–Kier alpha value is -4.56. The van der Waals surface area contributed by atoms with E-state index in [4.69, 9.17) is 0 Å². The molecule has 408 valence electrons. The number of nitrogens with zero attached hydrogens (tertiary/aromatic N) is 9. The van der Waals surface area contributed by atoms with Crippen molar-refractivity contribution < 1.29 is 28.8 Å². The van der Waals surface area contributed by atoms with Gasteiger partial charge < -0.3 is 29.4 Å². The van der Waals surface area contributed by atoms with Crippen LogP contribution in [0.1, 0.15) is 208 Å². The van der Waals surface area contributed by atoms with Crippen LogP contribution in [0.5, 0.6) is 0 Å². The predicted molar refractivity (Wildman–Crippen MR) is 292 cm³/mol. The van der Waals surface area contributed by atoms with Crippen molar-refractivity contribution in [3.63, 3.8) is 0 Å². The van der Waals surface area contributed by atoms with Crippen LogP contribution in [-0.4, -0.2) is 159 Å². The summed E-state index contributed by atoms with van der Waals surface area (Å²) in [7, 11) is 0. The third-order valence-corrected chi connectivity index (χ3v) is 13.2. The molecule has 3 saturated heterocycles. The van der Waals surface area contributed by atoms with Crippen molar-refractivity contribution in [2.45, 2.75) is 208 Å². The van der Waals surface area contributed by atoms with E-state index in [1.54, 1.807) is 37.8 Å². The molecular formula is C56H103N9O6. The fraction of sp³-hybridized carbons (Fsp3) is 0.786. The summed E-state index contributed by atoms with van der Waals surface area (Å²) >= 11 is 0. The minimum Gasteiger partial charge on any atom is -0.306 e. The maximum Gasteiger partial charge on any atom is 0.329 e. The lowest BCUT2D eigenvalue weighted by Crippen LogP contribution is -2.61. The Morgan fingerprint density at radius 3 is 0.634 bits per heavy atom. The molecule has 0 aromatic rings. The third-order valence-electron chi connectivity index (χ3n) is 13.2. The van der Waals surface area contributed by atoms with E-state index in [2.05, 4.69) is 61.3 Å². The molecule has 0 aromatic carbocycles. The molecule has 0 saturated carbocycles. The van der Waals surface area contributed by atoms with Gasteiger partial charge in [-0.1, -0.05) is 188 Å². The van der Waals surface area contributed by atoms with Crippen molar-refractivity contribution >= 4 is 36.2 Å². The second-order valence-corrected chi connectivity index (χ2v) is 19.5. The van der Waals surface area contributed by atoms with E-state index in [1.807, 2.05) is 9.80 Å². The monoisotopic (exact) mass is 998 g/mol. The van der Waals surface area contributed by atoms with Gasteiger partial charge in [-0.2, -0.15) is 0 Å². The molecule has 0 radical (unpaired) electrons. The summed E-state index contributed by atoms with van der Waals surface area (Å²) in [5.74, 6) is 0. The maximum atomic E-state index is 12.6. The summed E-state index contributed by atoms with van der Waals surface area (Å²) in [5, 5.41) is 0. The second kappa shape index (κ2) is 41.0. The lowest BCUT2D eigenvalue weighted by Gasteiger charge is -2.40. The van der Waals surface area contributed by atoms with Crippen LogP contribution in [0, 0.1) is 0 Å². The summed E-state index contributed by atoms with van der Waals surface area (Å²) in [6.07, 6.45) is 34.7. The molecule has 3 aliphatic rings. The molecule has 15 heteroatoms. The molecule has 0 aromatic heterocycles. The molecule has 3 heterocycles. The maximum absolute atomic E-state index is 12.6. The first kappa shape index (κ1) is 64.5. The van der Waals surface area contributed by atoms with E-state index in [0.717, 1.165) is 129 Å². The fourth-order valence-corrected chi connectivity index (χ4v) is 8.84. The Balaban J connectivity index is 0.000000537. The smallest absolute Gasteiger partial charge is 0.306 e. The van der Waals surface area contributed by atoms with Crippen molar-refractivity contribution in [2.24, 2.45) is 0 Å². The summed E-state index contributed by atoms with van der Waals surface area (Å²) in [5.41, 5.74) is 0. The quantitative estimate of drug-likeness (QED) is 0.0447. The van der Waals surface area contributed by atoms with Crippen LogP contribution in [0.25, 0.3) is 0 Å². The van der Waals surface area contributed by atoms with Gasteiger partial charge in [0.25, 0.3) is 0 Å². The minimum atomic E-state index is -0.178. The van der Waals surface area contributed by atoms with E-state index in [1.165, 1.54) is 91.7 Å². The van der Waals surface area contributed by atoms with E-state index in [-0.39, 0.29) is 55.8 Å². The molecule has 3 fully saturated rings. The molecule has 0 unspecified atom stereocenters. The van der Waals surface area contributed by atoms with Crippen molar-refractivity contribution in [3.8, 4) is 0 Å². The number of imide groups is 3. The number of urea groups is 6. The fourth-order valence-electron chi connectivity index (χ4n) is 8.84. The largest absolute Gasteiger partial charge is 0.329 e. The molecule has 0 bridgehead atoms. The highest BCUT2D eigenvalue weighted by atomic mass is 16.2. The van der Waals surface area contributed by atoms with Crippen LogP contribution in [0.15, 0.2) is 38.0 Å². The number of unbranched alkanes of at least 4 members (excludes halogenated alkanes) is 20. The summed E-state index contributed by atoms with van der Waals surface area (Å²) in [6, 6.07) is -1.02. The van der Waals surface area contributed by atoms with Gasteiger partial charge in [0.2, 0.25) is 0 Å². The Kier molecular flexibility index (Phi) is 37.2. The Morgan fingerprint density at radius 1 is 0.282 bits per heavy atom. The highest BCUT2D eigenvalue weighted by Gasteiger charge is 2.38. The Labute approximate surface area is 433 Å². The molecule has 71 heavy (non-hydrogen) atoms. The van der Waals surface area contributed by atoms with Crippen molar-refractivity contribution in [3.05, 3.63) is 38.0 Å². The third kappa shape index (κ3) is 25.1. The number of carbonyl (C=O) groups excluding carboxylic acids is 6. The van der Waals surface area contributed by atoms with Crippen LogP contribution >= 0.6 is 0 Å². The number of carbonyl (C=O) groups is 6. The van der Waals surface area contributed by atoms with Gasteiger partial charge in [-0.3, -0.25) is 0 Å². The normalized spacial score (nSPS) is 15.4. The first-order valence-electron chi connectivity index (χ1n) is 28.3. The van der Waals surface area contributed by atoms with Crippen molar-refractivity contribution in [1.82, 2.24) is 44.1 Å². The highest BCUT2D eigenvalue weighted by molar-refractivity contribution is 5.97. The molecule has 0 atom stereocenters. The number of hydrogen-bond donors (Lipinski definition) is 0. The first-order chi connectivity index (χ1) is 34.5. The van der Waals surface area contributed by atoms with Gasteiger partial charge in [0, 0.05) is 39.3 Å². The van der Waals surface area contributed by atoms with Crippen molar-refractivity contribution in [2.75, 3.05) is 78.9 Å². The van der Waals surface area contributed by atoms with Crippen molar-refractivity contribution in [1.29, 1.82) is 0 Å². The number of rotatable bonds is 38. The average Bonchev–Trinajstić information content (AvgIpc) is 3.36. The molecule has 3 aliphatic heterocycles. The number of hydrogen-bond acceptors (Lipinski definition) is 6. The van der Waals surface area contributed by atoms with Crippen LogP contribution < -0.4 is 0 Å². The molecule has 3 rings (SSSR count). The highest BCUT2D eigenvalue weighted by Crippen LogP contribution is 2.19. The zero-order valence-corrected chi connectivity index (χ0v) is 46.2. The zero-order chi connectivity index (χ0) is 52.7. The lowest BCUT2D eigenvalue weighted by atomic mass is 10.1. The van der Waals surface area contributed by atoms with E-state index < -0.39 is 0 Å². The minimum absolute atomic E-state index is 0.160.